The second kappa shape index (κ2) is 3.26. The van der Waals surface area contributed by atoms with E-state index in [-0.39, 0.29) is 5.76 Å². The molecule has 0 radical (unpaired) electrons. The molecule has 1 aromatic carbocycles. The Bertz CT molecular complexity index is 292. The van der Waals surface area contributed by atoms with Crippen LogP contribution >= 0.6 is 22.6 Å². The van der Waals surface area contributed by atoms with Crippen LogP contribution in [0.15, 0.2) is 24.8 Å². The van der Waals surface area contributed by atoms with Gasteiger partial charge in [-0.3, -0.25) is 0 Å². The van der Waals surface area contributed by atoms with Gasteiger partial charge in [-0.25, -0.2) is 0 Å². The van der Waals surface area contributed by atoms with Gasteiger partial charge in [-0.1, -0.05) is 12.6 Å². The summed E-state index contributed by atoms with van der Waals surface area (Å²) >= 11 is 2.20. The summed E-state index contributed by atoms with van der Waals surface area (Å²) in [6.45, 7) is 5.43. The van der Waals surface area contributed by atoms with Gasteiger partial charge in [0.15, 0.2) is 0 Å². The lowest BCUT2D eigenvalue weighted by molar-refractivity contribution is 0.513. The number of hydrogen-bond donors (Lipinski definition) is 1. The minimum absolute atomic E-state index is 0.140. The molecular weight excluding hydrogens is 251 g/mol. The van der Waals surface area contributed by atoms with E-state index in [9.17, 15) is 0 Å². The van der Waals surface area contributed by atoms with Gasteiger partial charge in [0, 0.05) is 9.13 Å². The zero-order valence-electron chi connectivity index (χ0n) is 6.26. The van der Waals surface area contributed by atoms with E-state index in [1.54, 1.807) is 0 Å². The van der Waals surface area contributed by atoms with Crippen molar-refractivity contribution in [1.82, 2.24) is 0 Å². The summed E-state index contributed by atoms with van der Waals surface area (Å²) in [6, 6.07) is 5.89. The molecule has 0 saturated carbocycles. The first-order valence-corrected chi connectivity index (χ1v) is 4.33. The molecule has 0 aromatic heterocycles. The average molecular weight is 260 g/mol. The average Bonchev–Trinajstić information content (AvgIpc) is 1.94. The van der Waals surface area contributed by atoms with Crippen molar-refractivity contribution < 1.29 is 5.11 Å². The van der Waals surface area contributed by atoms with Crippen LogP contribution in [0.4, 0.5) is 0 Å². The van der Waals surface area contributed by atoms with E-state index in [0.717, 1.165) is 14.7 Å². The third kappa shape index (κ3) is 1.96. The molecule has 58 valence electrons. The van der Waals surface area contributed by atoms with Crippen molar-refractivity contribution in [2.75, 3.05) is 0 Å². The van der Waals surface area contributed by atoms with Crippen molar-refractivity contribution >= 4 is 28.4 Å². The molecule has 0 bridgehead atoms. The molecule has 1 N–H and O–H groups in total. The fourth-order valence-electron chi connectivity index (χ4n) is 0.905. The minimum Gasteiger partial charge on any atom is -0.508 e. The lowest BCUT2D eigenvalue weighted by atomic mass is 10.1. The van der Waals surface area contributed by atoms with E-state index < -0.39 is 0 Å². The van der Waals surface area contributed by atoms with E-state index >= 15 is 0 Å². The lowest BCUT2D eigenvalue weighted by Crippen LogP contribution is -1.87. The Morgan fingerprint density at radius 3 is 2.64 bits per heavy atom. The van der Waals surface area contributed by atoms with Gasteiger partial charge in [0.25, 0.3) is 0 Å². The molecule has 0 fully saturated rings. The normalized spacial score (nSPS) is 9.64. The Morgan fingerprint density at radius 2 is 2.18 bits per heavy atom. The van der Waals surface area contributed by atoms with E-state index in [1.807, 2.05) is 25.1 Å². The first kappa shape index (κ1) is 8.59. The Balaban J connectivity index is 3.23. The predicted octanol–water partition coefficient (Wildman–Crippen LogP) is 3.13. The van der Waals surface area contributed by atoms with Gasteiger partial charge in [-0.15, -0.1) is 0 Å². The van der Waals surface area contributed by atoms with Crippen molar-refractivity contribution in [3.8, 4) is 0 Å². The minimum atomic E-state index is 0.140. The zero-order valence-corrected chi connectivity index (χ0v) is 8.42. The molecule has 1 nitrogen and oxygen atoms in total. The molecule has 11 heavy (non-hydrogen) atoms. The maximum atomic E-state index is 9.13. The van der Waals surface area contributed by atoms with Crippen LogP contribution in [0.3, 0.4) is 0 Å². The summed E-state index contributed by atoms with van der Waals surface area (Å²) in [4.78, 5) is 0. The Morgan fingerprint density at radius 1 is 1.55 bits per heavy atom. The summed E-state index contributed by atoms with van der Waals surface area (Å²) in [6.07, 6.45) is 0. The number of halogens is 1. The van der Waals surface area contributed by atoms with Crippen LogP contribution in [0.25, 0.3) is 5.76 Å². The Kier molecular flexibility index (Phi) is 2.54. The van der Waals surface area contributed by atoms with Crippen LogP contribution in [0.1, 0.15) is 11.1 Å². The number of benzene rings is 1. The fraction of sp³-hybridized carbons (Fsp3) is 0.111. The van der Waals surface area contributed by atoms with E-state index in [2.05, 4.69) is 29.2 Å². The van der Waals surface area contributed by atoms with Crippen LogP contribution < -0.4 is 0 Å². The summed E-state index contributed by atoms with van der Waals surface area (Å²) in [5.41, 5.74) is 1.88. The van der Waals surface area contributed by atoms with Gasteiger partial charge in [-0.05, 0) is 47.2 Å². The fourth-order valence-corrected chi connectivity index (χ4v) is 1.40. The molecule has 0 unspecified atom stereocenters. The topological polar surface area (TPSA) is 20.2 Å². The number of aliphatic hydroxyl groups is 1. The smallest absolute Gasteiger partial charge is 0.115 e. The van der Waals surface area contributed by atoms with Gasteiger partial charge in [0.1, 0.15) is 5.76 Å². The molecule has 0 heterocycles. The van der Waals surface area contributed by atoms with Crippen molar-refractivity contribution in [3.63, 3.8) is 0 Å². The third-order valence-corrected chi connectivity index (χ3v) is 2.18. The SMILES string of the molecule is C=C(O)c1cc(I)ccc1C. The van der Waals surface area contributed by atoms with Gasteiger partial charge >= 0.3 is 0 Å². The predicted molar refractivity (Wildman–Crippen MR) is 55.6 cm³/mol. The van der Waals surface area contributed by atoms with Crippen molar-refractivity contribution in [2.24, 2.45) is 0 Å². The van der Waals surface area contributed by atoms with Crippen LogP contribution in [0.2, 0.25) is 0 Å². The highest BCUT2D eigenvalue weighted by atomic mass is 127. The number of hydrogen-bond acceptors (Lipinski definition) is 1. The molecule has 0 amide bonds. The molecule has 1 aromatic rings. The van der Waals surface area contributed by atoms with Crippen LogP contribution in [0.5, 0.6) is 0 Å². The summed E-state index contributed by atoms with van der Waals surface area (Å²) in [5, 5.41) is 9.13. The molecular formula is C9H9IO. The largest absolute Gasteiger partial charge is 0.508 e. The molecule has 1 rings (SSSR count). The van der Waals surface area contributed by atoms with Gasteiger partial charge in [0.2, 0.25) is 0 Å². The van der Waals surface area contributed by atoms with Crippen molar-refractivity contribution in [2.45, 2.75) is 6.92 Å². The number of rotatable bonds is 1. The highest BCUT2D eigenvalue weighted by Gasteiger charge is 2.00. The molecule has 0 aliphatic carbocycles. The summed E-state index contributed by atoms with van der Waals surface area (Å²) < 4.78 is 1.11. The van der Waals surface area contributed by atoms with Gasteiger partial charge < -0.3 is 5.11 Å². The van der Waals surface area contributed by atoms with E-state index in [1.165, 1.54) is 0 Å². The molecule has 0 aliphatic rings. The van der Waals surface area contributed by atoms with E-state index in [4.69, 9.17) is 5.11 Å². The third-order valence-electron chi connectivity index (χ3n) is 1.51. The van der Waals surface area contributed by atoms with Crippen LogP contribution in [-0.4, -0.2) is 5.11 Å². The first-order chi connectivity index (χ1) is 5.11. The number of aliphatic hydroxyl groups excluding tert-OH is 1. The van der Waals surface area contributed by atoms with Crippen molar-refractivity contribution in [3.05, 3.63) is 39.5 Å². The van der Waals surface area contributed by atoms with Crippen molar-refractivity contribution in [1.29, 1.82) is 0 Å². The second-order valence-electron chi connectivity index (χ2n) is 2.41. The summed E-state index contributed by atoms with van der Waals surface area (Å²) in [7, 11) is 0. The highest BCUT2D eigenvalue weighted by molar-refractivity contribution is 14.1. The molecule has 0 aliphatic heterocycles. The zero-order chi connectivity index (χ0) is 8.43. The number of aryl methyl sites for hydroxylation is 1. The Labute approximate surface area is 79.9 Å². The second-order valence-corrected chi connectivity index (χ2v) is 3.65. The molecule has 0 atom stereocenters. The Hall–Kier alpha value is -0.510. The summed E-state index contributed by atoms with van der Waals surface area (Å²) in [5.74, 6) is 0.140. The maximum Gasteiger partial charge on any atom is 0.115 e. The molecule has 2 heteroatoms. The monoisotopic (exact) mass is 260 g/mol. The first-order valence-electron chi connectivity index (χ1n) is 3.25. The molecule has 0 saturated heterocycles. The van der Waals surface area contributed by atoms with Gasteiger partial charge in [-0.2, -0.15) is 0 Å². The lowest BCUT2D eigenvalue weighted by Gasteiger charge is -2.03. The maximum absolute atomic E-state index is 9.13. The standard InChI is InChI=1S/C9H9IO/c1-6-3-4-8(10)5-9(6)7(2)11/h3-5,11H,2H2,1H3. The van der Waals surface area contributed by atoms with Crippen LogP contribution in [0, 0.1) is 10.5 Å². The van der Waals surface area contributed by atoms with Crippen LogP contribution in [-0.2, 0) is 0 Å². The van der Waals surface area contributed by atoms with Gasteiger partial charge in [0.05, 0.1) is 0 Å². The molecule has 0 spiro atoms. The quantitative estimate of drug-likeness (QED) is 0.607. The van der Waals surface area contributed by atoms with E-state index in [0.29, 0.717) is 0 Å². The highest BCUT2D eigenvalue weighted by Crippen LogP contribution is 2.17.